The smallest absolute Gasteiger partial charge is 0.237 e. The third kappa shape index (κ3) is 2.01. The number of hydrogen-bond acceptors (Lipinski definition) is 3. The quantitative estimate of drug-likeness (QED) is 0.730. The van der Waals surface area contributed by atoms with Crippen molar-refractivity contribution >= 4 is 20.9 Å². The van der Waals surface area contributed by atoms with Crippen LogP contribution in [0.3, 0.4) is 0 Å². The molecule has 0 saturated heterocycles. The van der Waals surface area contributed by atoms with Crippen LogP contribution in [0.4, 0.5) is 0 Å². The summed E-state index contributed by atoms with van der Waals surface area (Å²) in [5, 5.41) is 9.99. The number of rotatable bonds is 2. The lowest BCUT2D eigenvalue weighted by Gasteiger charge is -2.10. The molecule has 1 aromatic heterocycles. The van der Waals surface area contributed by atoms with Crippen LogP contribution in [0.5, 0.6) is 0 Å². The van der Waals surface area contributed by atoms with E-state index in [1.807, 2.05) is 0 Å². The predicted octanol–water partition coefficient (Wildman–Crippen LogP) is 3.06. The molecule has 21 heavy (non-hydrogen) atoms. The first kappa shape index (κ1) is 13.4. The monoisotopic (exact) mass is 296 g/mol. The molecule has 2 aromatic carbocycles. The highest BCUT2D eigenvalue weighted by molar-refractivity contribution is 7.90. The number of aromatic nitrogens is 1. The van der Waals surface area contributed by atoms with Gasteiger partial charge in [-0.2, -0.15) is 5.26 Å². The molecule has 0 saturated carbocycles. The molecule has 104 valence electrons. The van der Waals surface area contributed by atoms with Crippen LogP contribution in [0.25, 0.3) is 10.9 Å². The van der Waals surface area contributed by atoms with Gasteiger partial charge in [-0.25, -0.2) is 12.4 Å². The summed E-state index contributed by atoms with van der Waals surface area (Å²) in [6.45, 7) is 1.72. The number of aryl methyl sites for hydroxylation is 1. The molecular formula is C16H12N2O2S. The number of fused-ring (bicyclic) bond motifs is 1. The van der Waals surface area contributed by atoms with Gasteiger partial charge in [0.1, 0.15) is 6.07 Å². The van der Waals surface area contributed by atoms with Crippen LogP contribution >= 0.6 is 0 Å². The summed E-state index contributed by atoms with van der Waals surface area (Å²) in [7, 11) is -3.72. The van der Waals surface area contributed by atoms with Gasteiger partial charge in [-0.3, -0.25) is 0 Å². The third-order valence-electron chi connectivity index (χ3n) is 3.36. The van der Waals surface area contributed by atoms with E-state index in [9.17, 15) is 13.7 Å². The van der Waals surface area contributed by atoms with Gasteiger partial charge in [-0.15, -0.1) is 0 Å². The summed E-state index contributed by atoms with van der Waals surface area (Å²) in [5.74, 6) is 0. The molecule has 0 N–H and O–H groups in total. The first-order valence-electron chi connectivity index (χ1n) is 6.37. The molecule has 3 rings (SSSR count). The van der Waals surface area contributed by atoms with E-state index in [1.165, 1.54) is 3.97 Å². The van der Waals surface area contributed by atoms with E-state index in [0.29, 0.717) is 16.8 Å². The fourth-order valence-electron chi connectivity index (χ4n) is 2.46. The van der Waals surface area contributed by atoms with E-state index < -0.39 is 10.0 Å². The number of benzene rings is 2. The van der Waals surface area contributed by atoms with E-state index in [1.54, 1.807) is 61.5 Å². The van der Waals surface area contributed by atoms with E-state index in [4.69, 9.17) is 0 Å². The largest absolute Gasteiger partial charge is 0.268 e. The van der Waals surface area contributed by atoms with Crippen LogP contribution in [0, 0.1) is 18.3 Å². The van der Waals surface area contributed by atoms with Crippen LogP contribution in [0.2, 0.25) is 0 Å². The molecular weight excluding hydrogens is 284 g/mol. The van der Waals surface area contributed by atoms with Gasteiger partial charge in [0.25, 0.3) is 10.0 Å². The molecule has 0 radical (unpaired) electrons. The van der Waals surface area contributed by atoms with Crippen LogP contribution in [0.15, 0.2) is 59.5 Å². The molecule has 3 aromatic rings. The van der Waals surface area contributed by atoms with Gasteiger partial charge in [0.05, 0.1) is 16.0 Å². The lowest BCUT2D eigenvalue weighted by atomic mass is 10.2. The van der Waals surface area contributed by atoms with Gasteiger partial charge in [-0.05, 0) is 31.2 Å². The molecule has 0 aliphatic heterocycles. The first-order chi connectivity index (χ1) is 10.1. The zero-order valence-electron chi connectivity index (χ0n) is 11.3. The second kappa shape index (κ2) is 4.76. The number of para-hydroxylation sites is 1. The fourth-order valence-corrected chi connectivity index (χ4v) is 4.05. The van der Waals surface area contributed by atoms with Crippen LogP contribution in [0.1, 0.15) is 11.3 Å². The Bertz CT molecular complexity index is 965. The van der Waals surface area contributed by atoms with Gasteiger partial charge in [0.15, 0.2) is 0 Å². The maximum Gasteiger partial charge on any atom is 0.268 e. The Morgan fingerprint density at radius 1 is 1.05 bits per heavy atom. The second-order valence-electron chi connectivity index (χ2n) is 4.72. The first-order valence-corrected chi connectivity index (χ1v) is 7.81. The Labute approximate surface area is 122 Å². The molecule has 0 atom stereocenters. The average Bonchev–Trinajstić information content (AvgIpc) is 2.84. The Morgan fingerprint density at radius 2 is 1.76 bits per heavy atom. The molecule has 0 unspecified atom stereocenters. The minimum atomic E-state index is -3.72. The van der Waals surface area contributed by atoms with E-state index >= 15 is 0 Å². The normalized spacial score (nSPS) is 11.4. The summed E-state index contributed by atoms with van der Waals surface area (Å²) in [4.78, 5) is 0.207. The van der Waals surface area contributed by atoms with E-state index in [0.717, 1.165) is 5.39 Å². The highest BCUT2D eigenvalue weighted by atomic mass is 32.2. The second-order valence-corrected chi connectivity index (χ2v) is 6.51. The maximum absolute atomic E-state index is 12.9. The molecule has 5 heteroatoms. The predicted molar refractivity (Wildman–Crippen MR) is 80.4 cm³/mol. The lowest BCUT2D eigenvalue weighted by Crippen LogP contribution is -2.14. The minimum Gasteiger partial charge on any atom is -0.237 e. The standard InChI is InChI=1S/C16H12N2O2S/c1-12-10-13-6-5-7-14(11-17)16(13)18(12)21(19,20)15-8-3-2-4-9-15/h2-10H,1H3. The molecule has 0 spiro atoms. The summed E-state index contributed by atoms with van der Waals surface area (Å²) in [6.07, 6.45) is 0. The van der Waals surface area contributed by atoms with Crippen molar-refractivity contribution in [1.82, 2.24) is 3.97 Å². The molecule has 0 amide bonds. The molecule has 0 fully saturated rings. The zero-order chi connectivity index (χ0) is 15.0. The number of hydrogen-bond donors (Lipinski definition) is 0. The summed E-state index contributed by atoms with van der Waals surface area (Å²) < 4.78 is 26.9. The van der Waals surface area contributed by atoms with Crippen molar-refractivity contribution < 1.29 is 8.42 Å². The molecule has 1 heterocycles. The van der Waals surface area contributed by atoms with Crippen molar-refractivity contribution in [2.45, 2.75) is 11.8 Å². The molecule has 0 aliphatic rings. The van der Waals surface area contributed by atoms with Crippen molar-refractivity contribution in [1.29, 1.82) is 5.26 Å². The van der Waals surface area contributed by atoms with Crippen molar-refractivity contribution in [3.8, 4) is 6.07 Å². The zero-order valence-corrected chi connectivity index (χ0v) is 12.1. The Morgan fingerprint density at radius 3 is 2.43 bits per heavy atom. The van der Waals surface area contributed by atoms with Gasteiger partial charge < -0.3 is 0 Å². The Balaban J connectivity index is 2.41. The van der Waals surface area contributed by atoms with Gasteiger partial charge >= 0.3 is 0 Å². The van der Waals surface area contributed by atoms with Gasteiger partial charge in [0.2, 0.25) is 0 Å². The molecule has 0 aliphatic carbocycles. The Hall–Kier alpha value is -2.58. The number of nitrogens with zero attached hydrogens (tertiary/aromatic N) is 2. The van der Waals surface area contributed by atoms with E-state index in [-0.39, 0.29) is 4.90 Å². The summed E-state index contributed by atoms with van der Waals surface area (Å²) in [6, 6.07) is 17.2. The van der Waals surface area contributed by atoms with Crippen molar-refractivity contribution in [3.05, 3.63) is 65.9 Å². The number of nitriles is 1. The van der Waals surface area contributed by atoms with E-state index in [2.05, 4.69) is 6.07 Å². The lowest BCUT2D eigenvalue weighted by molar-refractivity contribution is 0.588. The van der Waals surface area contributed by atoms with Crippen molar-refractivity contribution in [3.63, 3.8) is 0 Å². The highest BCUT2D eigenvalue weighted by Crippen LogP contribution is 2.27. The summed E-state index contributed by atoms with van der Waals surface area (Å²) in [5.41, 5.74) is 1.36. The molecule has 0 bridgehead atoms. The summed E-state index contributed by atoms with van der Waals surface area (Å²) >= 11 is 0. The molecule has 4 nitrogen and oxygen atoms in total. The fraction of sp³-hybridized carbons (Fsp3) is 0.0625. The third-order valence-corrected chi connectivity index (χ3v) is 5.18. The Kier molecular flexibility index (Phi) is 3.04. The van der Waals surface area contributed by atoms with Crippen molar-refractivity contribution in [2.75, 3.05) is 0 Å². The maximum atomic E-state index is 12.9. The van der Waals surface area contributed by atoms with Crippen LogP contribution in [-0.4, -0.2) is 12.4 Å². The topological polar surface area (TPSA) is 62.9 Å². The van der Waals surface area contributed by atoms with Gasteiger partial charge in [-0.1, -0.05) is 30.3 Å². The minimum absolute atomic E-state index is 0.207. The van der Waals surface area contributed by atoms with Crippen LogP contribution < -0.4 is 0 Å². The van der Waals surface area contributed by atoms with Crippen LogP contribution in [-0.2, 0) is 10.0 Å². The van der Waals surface area contributed by atoms with Gasteiger partial charge in [0, 0.05) is 11.1 Å². The SMILES string of the molecule is Cc1cc2cccc(C#N)c2n1S(=O)(=O)c1ccccc1. The highest BCUT2D eigenvalue weighted by Gasteiger charge is 2.22. The van der Waals surface area contributed by atoms with Crippen molar-refractivity contribution in [2.24, 2.45) is 0 Å². The average molecular weight is 296 g/mol.